The second kappa shape index (κ2) is 30.3. The largest absolute Gasteiger partial charge is 0.481 e. The summed E-state index contributed by atoms with van der Waals surface area (Å²) in [7, 11) is 0. The highest BCUT2D eigenvalue weighted by Crippen LogP contribution is 2.32. The summed E-state index contributed by atoms with van der Waals surface area (Å²) >= 11 is 1.48. The van der Waals surface area contributed by atoms with Gasteiger partial charge in [0.25, 0.3) is 0 Å². The van der Waals surface area contributed by atoms with E-state index in [0.29, 0.717) is 43.9 Å². The molecule has 2 unspecified atom stereocenters. The number of hydrogen-bond donors (Lipinski definition) is 5. The maximum Gasteiger partial charge on any atom is 0.306 e. The molecule has 0 aromatic rings. The monoisotopic (exact) mass is 643 g/mol. The van der Waals surface area contributed by atoms with Gasteiger partial charge in [0.1, 0.15) is 0 Å². The van der Waals surface area contributed by atoms with Crippen molar-refractivity contribution < 1.29 is 24.6 Å². The lowest BCUT2D eigenvalue weighted by molar-refractivity contribution is -0.147. The van der Waals surface area contributed by atoms with Crippen molar-refractivity contribution in [3.63, 3.8) is 0 Å². The van der Waals surface area contributed by atoms with Gasteiger partial charge in [-0.25, -0.2) is 0 Å². The van der Waals surface area contributed by atoms with Crippen LogP contribution in [0.25, 0.3) is 0 Å². The fourth-order valence-electron chi connectivity index (χ4n) is 5.85. The summed E-state index contributed by atoms with van der Waals surface area (Å²) in [5.74, 6) is -2.41. The van der Waals surface area contributed by atoms with E-state index in [4.69, 9.17) is 11.5 Å². The predicted molar refractivity (Wildman–Crippen MR) is 186 cm³/mol. The number of carboxylic acid groups (broad SMARTS) is 2. The number of nitrogens with one attached hydrogen (secondary N) is 1. The van der Waals surface area contributed by atoms with Gasteiger partial charge in [0, 0.05) is 12.3 Å². The highest BCUT2D eigenvalue weighted by molar-refractivity contribution is 7.99. The van der Waals surface area contributed by atoms with Gasteiger partial charge in [-0.2, -0.15) is 11.8 Å². The number of carbonyl (C=O) groups excluding carboxylic acids is 1. The Labute approximate surface area is 274 Å². The van der Waals surface area contributed by atoms with Crippen molar-refractivity contribution in [2.45, 2.75) is 161 Å². The van der Waals surface area contributed by atoms with Gasteiger partial charge in [0.15, 0.2) is 0 Å². The van der Waals surface area contributed by atoms with Crippen LogP contribution in [0.15, 0.2) is 0 Å². The fraction of sp³-hybridized carbons (Fsp3) is 0.914. The number of carbonyl (C=O) groups is 3. The van der Waals surface area contributed by atoms with Crippen LogP contribution >= 0.6 is 11.8 Å². The molecular weight excluding hydrogens is 574 g/mol. The predicted octanol–water partition coefficient (Wildman–Crippen LogP) is 7.76. The average molecular weight is 644 g/mol. The number of amides is 1. The lowest BCUT2D eigenvalue weighted by Crippen LogP contribution is -2.42. The summed E-state index contributed by atoms with van der Waals surface area (Å²) in [5, 5.41) is 23.2. The lowest BCUT2D eigenvalue weighted by Gasteiger charge is -2.27. The van der Waals surface area contributed by atoms with Crippen LogP contribution in [-0.4, -0.2) is 58.7 Å². The molecular formula is C35H69N3O5S. The molecule has 0 aliphatic heterocycles. The van der Waals surface area contributed by atoms with Crippen molar-refractivity contribution in [2.75, 3.05) is 24.6 Å². The molecule has 0 rings (SSSR count). The van der Waals surface area contributed by atoms with Crippen molar-refractivity contribution in [2.24, 2.45) is 29.2 Å². The van der Waals surface area contributed by atoms with Gasteiger partial charge in [-0.15, -0.1) is 0 Å². The zero-order chi connectivity index (χ0) is 32.8. The quantitative estimate of drug-likeness (QED) is 0.0454. The van der Waals surface area contributed by atoms with E-state index in [2.05, 4.69) is 19.2 Å². The summed E-state index contributed by atoms with van der Waals surface area (Å²) in [6.45, 7) is 5.63. The molecule has 0 spiro atoms. The Kier molecular flexibility index (Phi) is 29.4. The molecule has 4 atom stereocenters. The number of nitrogens with two attached hydrogens (primary N) is 2. The topological polar surface area (TPSA) is 156 Å². The minimum atomic E-state index is -0.839. The summed E-state index contributed by atoms with van der Waals surface area (Å²) in [6.07, 6.45) is 22.6. The molecule has 0 bridgehead atoms. The number of hydrogen-bond acceptors (Lipinski definition) is 6. The smallest absolute Gasteiger partial charge is 0.306 e. The number of rotatable bonds is 33. The highest BCUT2D eigenvalue weighted by atomic mass is 32.2. The molecule has 0 fully saturated rings. The first-order valence-electron chi connectivity index (χ1n) is 18.0. The molecule has 44 heavy (non-hydrogen) atoms. The third-order valence-electron chi connectivity index (χ3n) is 8.74. The Morgan fingerprint density at radius 1 is 0.659 bits per heavy atom. The van der Waals surface area contributed by atoms with Crippen LogP contribution in [0.3, 0.4) is 0 Å². The molecule has 0 radical (unpaired) electrons. The zero-order valence-corrected chi connectivity index (χ0v) is 29.2. The summed E-state index contributed by atoms with van der Waals surface area (Å²) in [5.41, 5.74) is 11.7. The molecule has 260 valence electrons. The van der Waals surface area contributed by atoms with Gasteiger partial charge in [-0.05, 0) is 50.3 Å². The van der Waals surface area contributed by atoms with E-state index in [1.54, 1.807) is 0 Å². The molecule has 9 heteroatoms. The van der Waals surface area contributed by atoms with Crippen LogP contribution in [0, 0.1) is 17.8 Å². The van der Waals surface area contributed by atoms with E-state index in [-0.39, 0.29) is 11.8 Å². The SMILES string of the molecule is CCCCCCCCCCC(CC(CSC[C@H](N)C(=O)NCCCCCN)[C@@H](CCCCCCCCCC)C(=O)O)C(=O)O. The molecule has 1 amide bonds. The van der Waals surface area contributed by atoms with Crippen molar-refractivity contribution in [3.05, 3.63) is 0 Å². The van der Waals surface area contributed by atoms with Gasteiger partial charge >= 0.3 is 11.9 Å². The van der Waals surface area contributed by atoms with Gasteiger partial charge in [-0.1, -0.05) is 123 Å². The Hall–Kier alpha value is -1.32. The molecule has 0 aromatic heterocycles. The molecule has 0 aromatic carbocycles. The standard InChI is InChI=1S/C35H69N3O5S/c1-3-5-7-9-11-13-15-18-22-29(34(40)41)26-30(27-44-28-32(37)33(39)38-25-21-17-20-24-36)31(35(42)43)23-19-16-14-12-10-8-6-4-2/h29-32H,3-28,36-37H2,1-2H3,(H,38,39)(H,40,41)(H,42,43)/t29?,30?,31-,32+/m1/s1. The molecule has 0 saturated carbocycles. The lowest BCUT2D eigenvalue weighted by atomic mass is 9.81. The van der Waals surface area contributed by atoms with Crippen LogP contribution in [0.5, 0.6) is 0 Å². The number of unbranched alkanes of at least 4 members (excludes halogenated alkanes) is 16. The Morgan fingerprint density at radius 3 is 1.66 bits per heavy atom. The Balaban J connectivity index is 5.09. The first-order valence-corrected chi connectivity index (χ1v) is 19.2. The van der Waals surface area contributed by atoms with Gasteiger partial charge in [0.05, 0.1) is 17.9 Å². The van der Waals surface area contributed by atoms with Crippen molar-refractivity contribution in [1.82, 2.24) is 5.32 Å². The number of carboxylic acids is 2. The van der Waals surface area contributed by atoms with Crippen LogP contribution in [0.1, 0.15) is 155 Å². The Bertz CT molecular complexity index is 712. The molecule has 0 aliphatic carbocycles. The van der Waals surface area contributed by atoms with E-state index in [0.717, 1.165) is 57.8 Å². The highest BCUT2D eigenvalue weighted by Gasteiger charge is 2.32. The Morgan fingerprint density at radius 2 is 1.16 bits per heavy atom. The van der Waals surface area contributed by atoms with Crippen molar-refractivity contribution >= 4 is 29.6 Å². The number of aliphatic carboxylic acids is 2. The zero-order valence-electron chi connectivity index (χ0n) is 28.4. The summed E-state index contributed by atoms with van der Waals surface area (Å²) in [4.78, 5) is 37.2. The number of thioether (sulfide) groups is 1. The van der Waals surface area contributed by atoms with E-state index in [1.807, 2.05) is 0 Å². The summed E-state index contributed by atoms with van der Waals surface area (Å²) in [6, 6.07) is -0.682. The fourth-order valence-corrected chi connectivity index (χ4v) is 7.06. The minimum absolute atomic E-state index is 0.200. The van der Waals surface area contributed by atoms with Crippen molar-refractivity contribution in [1.29, 1.82) is 0 Å². The first kappa shape index (κ1) is 42.7. The van der Waals surface area contributed by atoms with Crippen molar-refractivity contribution in [3.8, 4) is 0 Å². The van der Waals surface area contributed by atoms with Crippen LogP contribution in [0.2, 0.25) is 0 Å². The van der Waals surface area contributed by atoms with Crippen LogP contribution in [0.4, 0.5) is 0 Å². The first-order chi connectivity index (χ1) is 21.3. The van der Waals surface area contributed by atoms with Gasteiger partial charge in [-0.3, -0.25) is 14.4 Å². The maximum absolute atomic E-state index is 12.5. The maximum atomic E-state index is 12.5. The van der Waals surface area contributed by atoms with Gasteiger partial charge in [0.2, 0.25) is 5.91 Å². The van der Waals surface area contributed by atoms with Crippen LogP contribution < -0.4 is 16.8 Å². The third-order valence-corrected chi connectivity index (χ3v) is 10.0. The van der Waals surface area contributed by atoms with E-state index in [1.165, 1.54) is 76.0 Å². The molecule has 0 saturated heterocycles. The summed E-state index contributed by atoms with van der Waals surface area (Å²) < 4.78 is 0. The van der Waals surface area contributed by atoms with E-state index >= 15 is 0 Å². The second-order valence-electron chi connectivity index (χ2n) is 12.8. The second-order valence-corrected chi connectivity index (χ2v) is 13.9. The van der Waals surface area contributed by atoms with Crippen LogP contribution in [-0.2, 0) is 14.4 Å². The molecule has 8 nitrogen and oxygen atoms in total. The van der Waals surface area contributed by atoms with E-state index in [9.17, 15) is 24.6 Å². The third kappa shape index (κ3) is 24.0. The van der Waals surface area contributed by atoms with E-state index < -0.39 is 29.8 Å². The molecule has 7 N–H and O–H groups in total. The molecule has 0 heterocycles. The van der Waals surface area contributed by atoms with Gasteiger partial charge < -0.3 is 27.0 Å². The molecule has 0 aliphatic rings. The average Bonchev–Trinajstić information content (AvgIpc) is 2.99. The minimum Gasteiger partial charge on any atom is -0.481 e. The normalized spacial score (nSPS) is 14.2.